The van der Waals surface area contributed by atoms with Crippen LogP contribution in [-0.2, 0) is 9.05 Å². The first-order chi connectivity index (χ1) is 13.5. The van der Waals surface area contributed by atoms with Crippen LogP contribution in [-0.4, -0.2) is 22.9 Å². The molecule has 2 fully saturated rings. The highest BCUT2D eigenvalue weighted by Gasteiger charge is 2.79. The second kappa shape index (κ2) is 11.0. The molecule has 1 N–H and O–H groups in total. The Bertz CT molecular complexity index is 647. The van der Waals surface area contributed by atoms with Crippen molar-refractivity contribution in [2.45, 2.75) is 57.8 Å². The topological polar surface area (TPSA) is 38.7 Å². The van der Waals surface area contributed by atoms with E-state index in [1.54, 1.807) is 0 Å². The van der Waals surface area contributed by atoms with E-state index in [0.717, 1.165) is 27.2 Å². The summed E-state index contributed by atoms with van der Waals surface area (Å²) in [6.07, 6.45) is 5.02. The molecule has 0 aliphatic heterocycles. The lowest BCUT2D eigenvalue weighted by Crippen LogP contribution is -2.56. The lowest BCUT2D eigenvalue weighted by Gasteiger charge is -2.53. The van der Waals surface area contributed by atoms with Crippen LogP contribution in [0.15, 0.2) is 11.6 Å². The van der Waals surface area contributed by atoms with Crippen molar-refractivity contribution < 1.29 is 14.2 Å². The molecule has 168 valence electrons. The van der Waals surface area contributed by atoms with Crippen molar-refractivity contribution >= 4 is 98.5 Å². The van der Waals surface area contributed by atoms with Crippen molar-refractivity contribution in [3.05, 3.63) is 11.6 Å². The molecule has 0 amide bonds. The molecule has 3 aliphatic rings. The highest BCUT2D eigenvalue weighted by Crippen LogP contribution is 3.09. The van der Waals surface area contributed by atoms with E-state index in [4.69, 9.17) is 9.05 Å². The fourth-order valence-corrected chi connectivity index (χ4v) is 73.5. The van der Waals surface area contributed by atoms with E-state index in [0.29, 0.717) is 14.4 Å². The van der Waals surface area contributed by atoms with Crippen molar-refractivity contribution in [1.82, 2.24) is 0 Å². The van der Waals surface area contributed by atoms with E-state index in [1.165, 1.54) is 5.57 Å². The monoisotopic (exact) mass is 622 g/mol. The minimum Gasteiger partial charge on any atom is -0.386 e. The molecular weight excluding hydrogens is 588 g/mol. The molecule has 2 bridgehead atoms. The first-order valence-electron chi connectivity index (χ1n) is 9.33. The summed E-state index contributed by atoms with van der Waals surface area (Å²) in [6.45, 7) is 6.29. The Morgan fingerprint density at radius 3 is 2.34 bits per heavy atom. The van der Waals surface area contributed by atoms with Gasteiger partial charge in [-0.2, -0.15) is 0 Å². The third kappa shape index (κ3) is 4.53. The number of rotatable bonds is 8. The molecule has 0 heterocycles. The normalized spacial score (nSPS) is 41.1. The molecule has 15 heteroatoms. The van der Waals surface area contributed by atoms with Gasteiger partial charge in [0.15, 0.2) is 0 Å². The first-order valence-corrected chi connectivity index (χ1v) is 29.6. The summed E-state index contributed by atoms with van der Waals surface area (Å²) < 4.78 is 13.5. The maximum Gasteiger partial charge on any atom is 0.104 e. The summed E-state index contributed by atoms with van der Waals surface area (Å²) in [5, 5.41) is 12.3. The quantitative estimate of drug-likeness (QED) is 0.217. The molecule has 29 heavy (non-hydrogen) atoms. The van der Waals surface area contributed by atoms with Crippen molar-refractivity contribution in [3.63, 3.8) is 0 Å². The Morgan fingerprint density at radius 2 is 1.83 bits per heavy atom. The van der Waals surface area contributed by atoms with Crippen LogP contribution >= 0.6 is 98.5 Å². The second-order valence-corrected chi connectivity index (χ2v) is 44.1. The van der Waals surface area contributed by atoms with Gasteiger partial charge in [0.2, 0.25) is 0 Å². The Morgan fingerprint density at radius 1 is 1.17 bits per heavy atom. The number of hydrogen-bond donors (Lipinski definition) is 1. The average Bonchev–Trinajstić information content (AvgIpc) is 2.95. The second-order valence-electron chi connectivity index (χ2n) is 8.40. The van der Waals surface area contributed by atoms with E-state index in [1.807, 2.05) is 0 Å². The van der Waals surface area contributed by atoms with Crippen molar-refractivity contribution in [2.75, 3.05) is 0 Å². The molecule has 0 aromatic heterocycles. The van der Waals surface area contributed by atoms with Gasteiger partial charge < -0.3 is 14.2 Å². The van der Waals surface area contributed by atoms with Crippen LogP contribution in [0.4, 0.5) is 0 Å². The van der Waals surface area contributed by atoms with E-state index in [-0.39, 0.29) is 44.0 Å². The fourth-order valence-electron chi connectivity index (χ4n) is 6.27. The molecular formula is C14H34O3P12. The number of fused-ring (bicyclic) bond motifs is 1. The van der Waals surface area contributed by atoms with Gasteiger partial charge in [-0.1, -0.05) is 42.4 Å². The van der Waals surface area contributed by atoms with Crippen molar-refractivity contribution in [1.29, 1.82) is 0 Å². The molecule has 2 saturated carbocycles. The number of hydrogen-bond acceptors (Lipinski definition) is 3. The minimum absolute atomic E-state index is 0.0546. The molecule has 12 unspecified atom stereocenters. The van der Waals surface area contributed by atoms with E-state index in [9.17, 15) is 5.11 Å². The number of allylic oxidation sites excluding steroid dienone is 1. The highest BCUT2D eigenvalue weighted by atomic mass is 33.1. The smallest absolute Gasteiger partial charge is 0.104 e. The van der Waals surface area contributed by atoms with Gasteiger partial charge in [0.05, 0.1) is 25.1 Å². The molecule has 3 rings (SSSR count). The predicted molar refractivity (Wildman–Crippen MR) is 165 cm³/mol. The third-order valence-electron chi connectivity index (χ3n) is 7.14. The van der Waals surface area contributed by atoms with Crippen LogP contribution in [0.25, 0.3) is 0 Å². The van der Waals surface area contributed by atoms with Gasteiger partial charge in [-0.15, -0.1) is 44.6 Å². The zero-order valence-corrected chi connectivity index (χ0v) is 29.5. The standard InChI is InChI=1S/C14H34O3P12/c1-8-4-5-9-11(16-24-18)13(15)7-6-10(14(8,13)12(9,2)3)17-26(27(20)21)29(25-19)28(22)23/h4,9-11,15,24-25H,5-7,18-23H2,1-3H3/t9?,10-,11-,13-,14?,26?,29?/m1/s1. The molecule has 3 aliphatic carbocycles. The van der Waals surface area contributed by atoms with Crippen LogP contribution in [0.1, 0.15) is 40.0 Å². The van der Waals surface area contributed by atoms with Crippen LogP contribution in [0.2, 0.25) is 0 Å². The highest BCUT2D eigenvalue weighted by molar-refractivity contribution is 9.10. The zero-order valence-electron chi connectivity index (χ0n) is 16.9. The Kier molecular flexibility index (Phi) is 10.8. The van der Waals surface area contributed by atoms with Crippen LogP contribution < -0.4 is 0 Å². The summed E-state index contributed by atoms with van der Waals surface area (Å²) in [6, 6.07) is 0. The Balaban J connectivity index is 2.06. The van der Waals surface area contributed by atoms with E-state index >= 15 is 0 Å². The Labute approximate surface area is 198 Å². The van der Waals surface area contributed by atoms with E-state index in [2.05, 4.69) is 80.4 Å². The molecule has 0 saturated heterocycles. The zero-order chi connectivity index (χ0) is 21.8. The molecule has 3 nitrogen and oxygen atoms in total. The van der Waals surface area contributed by atoms with E-state index < -0.39 is 13.1 Å². The lowest BCUT2D eigenvalue weighted by molar-refractivity contribution is -0.116. The minimum atomic E-state index is -0.837. The van der Waals surface area contributed by atoms with Gasteiger partial charge in [0, 0.05) is 15.5 Å². The third-order valence-corrected chi connectivity index (χ3v) is 55.2. The lowest BCUT2D eigenvalue weighted by atomic mass is 9.54. The van der Waals surface area contributed by atoms with Gasteiger partial charge in [0.25, 0.3) is 0 Å². The summed E-state index contributed by atoms with van der Waals surface area (Å²) in [4.78, 5) is 0. The summed E-state index contributed by atoms with van der Waals surface area (Å²) in [7, 11) is 18.5. The molecule has 1 spiro atoms. The first kappa shape index (κ1) is 28.4. The molecule has 15 atom stereocenters. The van der Waals surface area contributed by atoms with Gasteiger partial charge >= 0.3 is 0 Å². The van der Waals surface area contributed by atoms with Crippen LogP contribution in [0, 0.1) is 16.7 Å². The maximum absolute atomic E-state index is 12.3. The molecule has 0 radical (unpaired) electrons. The van der Waals surface area contributed by atoms with Crippen molar-refractivity contribution in [2.24, 2.45) is 16.7 Å². The van der Waals surface area contributed by atoms with Crippen LogP contribution in [0.3, 0.4) is 0 Å². The summed E-state index contributed by atoms with van der Waals surface area (Å²) in [5.74, 6) is 0.334. The number of aliphatic hydroxyl groups is 1. The predicted octanol–water partition coefficient (Wildman–Crippen LogP) is 8.79. The van der Waals surface area contributed by atoms with Crippen LogP contribution in [0.5, 0.6) is 0 Å². The van der Waals surface area contributed by atoms with Gasteiger partial charge in [0.1, 0.15) is 5.60 Å². The maximum atomic E-state index is 12.3. The molecule has 0 aromatic rings. The molecule has 0 aromatic carbocycles. The average molecular weight is 622 g/mol. The van der Waals surface area contributed by atoms with Gasteiger partial charge in [-0.05, 0) is 51.5 Å². The Hall–Kier alpha value is 4.78. The van der Waals surface area contributed by atoms with Gasteiger partial charge in [-0.3, -0.25) is 0 Å². The SMILES string of the molecule is CC1=CCC2[C@@H](OPP)[C@]3(O)CC[C@@H](OP(P(P)P)P(PP)P(P)P)C13C2(C)C. The van der Waals surface area contributed by atoms with Gasteiger partial charge in [-0.25, -0.2) is 0 Å². The fraction of sp³-hybridized carbons (Fsp3) is 0.857. The summed E-state index contributed by atoms with van der Waals surface area (Å²) >= 11 is 0. The summed E-state index contributed by atoms with van der Waals surface area (Å²) in [5.41, 5.74) is 0.0807. The van der Waals surface area contributed by atoms with Crippen molar-refractivity contribution in [3.8, 4) is 0 Å². The largest absolute Gasteiger partial charge is 0.386 e.